The molecule has 1 aliphatic rings. The summed E-state index contributed by atoms with van der Waals surface area (Å²) in [4.78, 5) is 0.120. The molecule has 0 aliphatic carbocycles. The van der Waals surface area contributed by atoms with Crippen LogP contribution in [0.25, 0.3) is 0 Å². The summed E-state index contributed by atoms with van der Waals surface area (Å²) >= 11 is 0. The molecule has 28 heavy (non-hydrogen) atoms. The third-order valence-corrected chi connectivity index (χ3v) is 5.86. The monoisotopic (exact) mass is 399 g/mol. The SMILES string of the molecule is COc1ccc(S(=O)(=O)Nc2cccc3c2Nc2ccc(F)cc2CN3)cc1. The fourth-order valence-electron chi connectivity index (χ4n) is 3.03. The van der Waals surface area contributed by atoms with Crippen molar-refractivity contribution in [1.29, 1.82) is 0 Å². The number of fused-ring (bicyclic) bond motifs is 2. The quantitative estimate of drug-likeness (QED) is 0.609. The fraction of sp³-hybridized carbons (Fsp3) is 0.100. The van der Waals surface area contributed by atoms with E-state index in [0.717, 1.165) is 5.56 Å². The number of nitrogens with one attached hydrogen (secondary N) is 3. The number of halogens is 1. The van der Waals surface area contributed by atoms with E-state index in [9.17, 15) is 12.8 Å². The number of methoxy groups -OCH3 is 1. The molecule has 0 saturated carbocycles. The molecular weight excluding hydrogens is 381 g/mol. The van der Waals surface area contributed by atoms with Crippen LogP contribution in [0.2, 0.25) is 0 Å². The van der Waals surface area contributed by atoms with Crippen molar-refractivity contribution >= 4 is 32.8 Å². The van der Waals surface area contributed by atoms with Crippen molar-refractivity contribution in [1.82, 2.24) is 0 Å². The van der Waals surface area contributed by atoms with Gasteiger partial charge >= 0.3 is 0 Å². The van der Waals surface area contributed by atoms with Gasteiger partial charge < -0.3 is 15.4 Å². The Balaban J connectivity index is 1.69. The van der Waals surface area contributed by atoms with E-state index < -0.39 is 10.0 Å². The van der Waals surface area contributed by atoms with Crippen LogP contribution in [-0.4, -0.2) is 15.5 Å². The molecule has 1 heterocycles. The van der Waals surface area contributed by atoms with Crippen LogP contribution in [0.3, 0.4) is 0 Å². The highest BCUT2D eigenvalue weighted by Gasteiger charge is 2.20. The van der Waals surface area contributed by atoms with Crippen molar-refractivity contribution in [2.45, 2.75) is 11.4 Å². The summed E-state index contributed by atoms with van der Waals surface area (Å²) in [6.45, 7) is 0.418. The zero-order valence-corrected chi connectivity index (χ0v) is 15.8. The smallest absolute Gasteiger partial charge is 0.261 e. The second-order valence-corrected chi connectivity index (χ2v) is 7.97. The van der Waals surface area contributed by atoms with Crippen molar-refractivity contribution in [2.24, 2.45) is 0 Å². The molecule has 6 nitrogen and oxygen atoms in total. The molecule has 0 unspecified atom stereocenters. The van der Waals surface area contributed by atoms with Gasteiger partial charge in [0, 0.05) is 12.2 Å². The van der Waals surface area contributed by atoms with Crippen LogP contribution in [0.15, 0.2) is 65.6 Å². The first kappa shape index (κ1) is 18.1. The molecule has 4 rings (SSSR count). The van der Waals surface area contributed by atoms with E-state index in [1.807, 2.05) is 6.07 Å². The molecule has 0 spiro atoms. The van der Waals surface area contributed by atoms with Gasteiger partial charge in [0.25, 0.3) is 10.0 Å². The van der Waals surface area contributed by atoms with Gasteiger partial charge in [-0.1, -0.05) is 6.07 Å². The summed E-state index contributed by atoms with van der Waals surface area (Å²) < 4.78 is 46.9. The first-order valence-corrected chi connectivity index (χ1v) is 10.0. The highest BCUT2D eigenvalue weighted by Crippen LogP contribution is 2.38. The zero-order chi connectivity index (χ0) is 19.7. The van der Waals surface area contributed by atoms with Gasteiger partial charge in [-0.2, -0.15) is 0 Å². The predicted octanol–water partition coefficient (Wildman–Crippen LogP) is 4.30. The second-order valence-electron chi connectivity index (χ2n) is 6.29. The molecule has 0 radical (unpaired) electrons. The van der Waals surface area contributed by atoms with Crippen LogP contribution in [0.4, 0.5) is 27.1 Å². The van der Waals surface area contributed by atoms with Crippen molar-refractivity contribution in [3.63, 3.8) is 0 Å². The Bertz CT molecular complexity index is 1130. The molecule has 0 saturated heterocycles. The summed E-state index contributed by atoms with van der Waals surface area (Å²) in [5.41, 5.74) is 3.14. The minimum Gasteiger partial charge on any atom is -0.497 e. The fourth-order valence-corrected chi connectivity index (χ4v) is 4.11. The Morgan fingerprint density at radius 3 is 2.57 bits per heavy atom. The second kappa shape index (κ2) is 7.05. The average molecular weight is 399 g/mol. The lowest BCUT2D eigenvalue weighted by Crippen LogP contribution is -2.14. The Morgan fingerprint density at radius 1 is 1.04 bits per heavy atom. The van der Waals surface area contributed by atoms with Gasteiger partial charge in [-0.3, -0.25) is 4.72 Å². The largest absolute Gasteiger partial charge is 0.497 e. The number of sulfonamides is 1. The van der Waals surface area contributed by atoms with Gasteiger partial charge in [0.05, 0.1) is 29.1 Å². The number of hydrogen-bond donors (Lipinski definition) is 3. The number of hydrogen-bond acceptors (Lipinski definition) is 5. The summed E-state index contributed by atoms with van der Waals surface area (Å²) in [6.07, 6.45) is 0. The minimum atomic E-state index is -3.80. The van der Waals surface area contributed by atoms with Crippen LogP contribution >= 0.6 is 0 Å². The maximum Gasteiger partial charge on any atom is 0.261 e. The van der Waals surface area contributed by atoms with Gasteiger partial charge in [0.15, 0.2) is 0 Å². The standard InChI is InChI=1S/C20H18FN3O3S/c1-27-15-6-8-16(9-7-15)28(25,26)24-19-4-2-3-18-20(19)23-17-10-5-14(21)11-13(17)12-22-18/h2-11,22-24H,12H2,1H3. The van der Waals surface area contributed by atoms with Crippen LogP contribution in [0, 0.1) is 5.82 Å². The number of ether oxygens (including phenoxy) is 1. The Kier molecular flexibility index (Phi) is 4.56. The van der Waals surface area contributed by atoms with E-state index >= 15 is 0 Å². The third-order valence-electron chi connectivity index (χ3n) is 4.47. The Hall–Kier alpha value is -3.26. The van der Waals surface area contributed by atoms with E-state index in [1.165, 1.54) is 31.4 Å². The molecule has 0 bridgehead atoms. The molecule has 3 aromatic carbocycles. The zero-order valence-electron chi connectivity index (χ0n) is 15.0. The summed E-state index contributed by atoms with van der Waals surface area (Å²) in [5.74, 6) is 0.246. The molecule has 0 fully saturated rings. The summed E-state index contributed by atoms with van der Waals surface area (Å²) in [6, 6.07) is 15.8. The van der Waals surface area contributed by atoms with Crippen LogP contribution in [0.1, 0.15) is 5.56 Å². The number of para-hydroxylation sites is 1. The van der Waals surface area contributed by atoms with Crippen LogP contribution in [-0.2, 0) is 16.6 Å². The van der Waals surface area contributed by atoms with Crippen molar-refractivity contribution in [3.05, 3.63) is 72.0 Å². The van der Waals surface area contributed by atoms with E-state index in [-0.39, 0.29) is 10.7 Å². The van der Waals surface area contributed by atoms with Crippen molar-refractivity contribution in [3.8, 4) is 5.75 Å². The Labute approximate surface area is 162 Å². The molecule has 0 atom stereocenters. The van der Waals surface area contributed by atoms with Crippen molar-refractivity contribution in [2.75, 3.05) is 22.5 Å². The van der Waals surface area contributed by atoms with Gasteiger partial charge in [0.1, 0.15) is 11.6 Å². The first-order valence-electron chi connectivity index (χ1n) is 8.55. The maximum absolute atomic E-state index is 13.5. The third kappa shape index (κ3) is 3.46. The summed E-state index contributed by atoms with van der Waals surface area (Å²) in [7, 11) is -2.28. The summed E-state index contributed by atoms with van der Waals surface area (Å²) in [5, 5.41) is 6.42. The highest BCUT2D eigenvalue weighted by molar-refractivity contribution is 7.92. The number of rotatable bonds is 4. The lowest BCUT2D eigenvalue weighted by Gasteiger charge is -2.16. The van der Waals surface area contributed by atoms with Gasteiger partial charge in [-0.05, 0) is 60.2 Å². The topological polar surface area (TPSA) is 79.5 Å². The lowest BCUT2D eigenvalue weighted by molar-refractivity contribution is 0.414. The number of benzene rings is 3. The maximum atomic E-state index is 13.5. The molecule has 3 N–H and O–H groups in total. The molecule has 0 aromatic heterocycles. The van der Waals surface area contributed by atoms with Gasteiger partial charge in [-0.15, -0.1) is 0 Å². The molecule has 144 valence electrons. The normalized spacial score (nSPS) is 12.6. The molecular formula is C20H18FN3O3S. The van der Waals surface area contributed by atoms with Crippen LogP contribution in [0.5, 0.6) is 5.75 Å². The van der Waals surface area contributed by atoms with Gasteiger partial charge in [0.2, 0.25) is 0 Å². The molecule has 8 heteroatoms. The first-order chi connectivity index (χ1) is 13.5. The predicted molar refractivity (Wildman–Crippen MR) is 107 cm³/mol. The molecule has 1 aliphatic heterocycles. The van der Waals surface area contributed by atoms with Gasteiger partial charge in [-0.25, -0.2) is 12.8 Å². The Morgan fingerprint density at radius 2 is 1.82 bits per heavy atom. The van der Waals surface area contributed by atoms with E-state index in [0.29, 0.717) is 35.0 Å². The lowest BCUT2D eigenvalue weighted by atomic mass is 10.1. The highest BCUT2D eigenvalue weighted by atomic mass is 32.2. The average Bonchev–Trinajstić information content (AvgIpc) is 2.88. The van der Waals surface area contributed by atoms with E-state index in [2.05, 4.69) is 15.4 Å². The van der Waals surface area contributed by atoms with E-state index in [4.69, 9.17) is 4.74 Å². The van der Waals surface area contributed by atoms with E-state index in [1.54, 1.807) is 30.3 Å². The van der Waals surface area contributed by atoms with Crippen LogP contribution < -0.4 is 20.1 Å². The minimum absolute atomic E-state index is 0.120. The molecule has 0 amide bonds. The number of anilines is 4. The van der Waals surface area contributed by atoms with Crippen molar-refractivity contribution < 1.29 is 17.5 Å². The molecule has 3 aromatic rings.